The predicted molar refractivity (Wildman–Crippen MR) is 58.8 cm³/mol. The van der Waals surface area contributed by atoms with E-state index in [4.69, 9.17) is 9.84 Å². The Morgan fingerprint density at radius 2 is 1.88 bits per heavy atom. The molecular weight excluding hydrogens is 204 g/mol. The monoisotopic (exact) mass is 213 g/mol. The number of benzene rings is 2. The average molecular weight is 213 g/mol. The number of para-hydroxylation sites is 1. The van der Waals surface area contributed by atoms with Crippen LogP contribution in [0.4, 0.5) is 0 Å². The van der Waals surface area contributed by atoms with Gasteiger partial charge in [-0.25, -0.2) is 4.79 Å². The maximum absolute atomic E-state index is 10.9. The van der Waals surface area contributed by atoms with Crippen LogP contribution in [0.3, 0.4) is 0 Å². The predicted octanol–water partition coefficient (Wildman–Crippen LogP) is 2.98. The molecule has 0 saturated carbocycles. The number of hydrogen-bond acceptors (Lipinski definition) is 2. The first-order chi connectivity index (χ1) is 7.77. The van der Waals surface area contributed by atoms with Crippen molar-refractivity contribution in [1.82, 2.24) is 0 Å². The first-order valence-electron chi connectivity index (χ1n) is 4.74. The van der Waals surface area contributed by atoms with Crippen LogP contribution in [0, 0.1) is 6.07 Å². The maximum atomic E-state index is 10.9. The molecule has 2 aromatic rings. The number of hydrogen-bond donors (Lipinski definition) is 1. The fourth-order valence-corrected chi connectivity index (χ4v) is 1.29. The molecule has 2 rings (SSSR count). The lowest BCUT2D eigenvalue weighted by molar-refractivity contribution is 0.0694. The van der Waals surface area contributed by atoms with E-state index in [1.54, 1.807) is 30.3 Å². The van der Waals surface area contributed by atoms with Crippen LogP contribution >= 0.6 is 0 Å². The summed E-state index contributed by atoms with van der Waals surface area (Å²) >= 11 is 0. The minimum Gasteiger partial charge on any atom is -0.478 e. The van der Waals surface area contributed by atoms with Gasteiger partial charge in [0.25, 0.3) is 0 Å². The van der Waals surface area contributed by atoms with Gasteiger partial charge >= 0.3 is 5.97 Å². The van der Waals surface area contributed by atoms with Gasteiger partial charge in [-0.3, -0.25) is 0 Å². The lowest BCUT2D eigenvalue weighted by Gasteiger charge is -2.07. The summed E-state index contributed by atoms with van der Waals surface area (Å²) < 4.78 is 5.46. The average Bonchev–Trinajstić information content (AvgIpc) is 2.31. The third-order valence-corrected chi connectivity index (χ3v) is 2.00. The van der Waals surface area contributed by atoms with Crippen molar-refractivity contribution in [3.05, 3.63) is 60.2 Å². The van der Waals surface area contributed by atoms with Gasteiger partial charge in [0.1, 0.15) is 17.1 Å². The summed E-state index contributed by atoms with van der Waals surface area (Å²) in [5.74, 6) is -0.155. The second kappa shape index (κ2) is 4.49. The Morgan fingerprint density at radius 3 is 2.56 bits per heavy atom. The van der Waals surface area contributed by atoms with E-state index in [9.17, 15) is 4.79 Å². The molecule has 79 valence electrons. The van der Waals surface area contributed by atoms with Crippen LogP contribution in [0.5, 0.6) is 11.5 Å². The van der Waals surface area contributed by atoms with Crippen LogP contribution in [0.15, 0.2) is 48.5 Å². The van der Waals surface area contributed by atoms with Crippen LogP contribution in [0.25, 0.3) is 0 Å². The molecule has 0 aromatic heterocycles. The van der Waals surface area contributed by atoms with Crippen molar-refractivity contribution in [2.24, 2.45) is 0 Å². The minimum atomic E-state index is -1.05. The highest BCUT2D eigenvalue weighted by atomic mass is 16.5. The van der Waals surface area contributed by atoms with E-state index >= 15 is 0 Å². The highest BCUT2D eigenvalue weighted by Gasteiger charge is 2.10. The standard InChI is InChI=1S/C13H9O3/c14-13(15)11-8-4-5-9-12(11)16-10-6-2-1-3-7-10/h1-7,9H,(H,14,15). The Labute approximate surface area is 92.9 Å². The normalized spacial score (nSPS) is 9.75. The summed E-state index contributed by atoms with van der Waals surface area (Å²) in [5, 5.41) is 8.93. The fraction of sp³-hybridized carbons (Fsp3) is 0. The number of aromatic carboxylic acids is 1. The van der Waals surface area contributed by atoms with Crippen molar-refractivity contribution in [3.63, 3.8) is 0 Å². The van der Waals surface area contributed by atoms with Crippen molar-refractivity contribution in [1.29, 1.82) is 0 Å². The van der Waals surface area contributed by atoms with Gasteiger partial charge in [0.05, 0.1) is 0 Å². The SMILES string of the molecule is O=C(O)c1[c]cccc1Oc1ccccc1. The number of carboxylic acid groups (broad SMARTS) is 1. The third kappa shape index (κ3) is 2.20. The highest BCUT2D eigenvalue weighted by Crippen LogP contribution is 2.24. The first kappa shape index (κ1) is 10.2. The van der Waals surface area contributed by atoms with E-state index in [2.05, 4.69) is 6.07 Å². The molecule has 1 N–H and O–H groups in total. The molecule has 2 aromatic carbocycles. The number of ether oxygens (including phenoxy) is 1. The van der Waals surface area contributed by atoms with Crippen molar-refractivity contribution in [2.45, 2.75) is 0 Å². The van der Waals surface area contributed by atoms with Crippen LogP contribution in [0.2, 0.25) is 0 Å². The van der Waals surface area contributed by atoms with Gasteiger partial charge < -0.3 is 9.84 Å². The zero-order chi connectivity index (χ0) is 11.4. The van der Waals surface area contributed by atoms with Gasteiger partial charge in [-0.2, -0.15) is 0 Å². The van der Waals surface area contributed by atoms with Crippen LogP contribution in [0.1, 0.15) is 10.4 Å². The van der Waals surface area contributed by atoms with E-state index in [-0.39, 0.29) is 5.56 Å². The molecule has 0 spiro atoms. The van der Waals surface area contributed by atoms with E-state index in [1.165, 1.54) is 0 Å². The van der Waals surface area contributed by atoms with E-state index in [0.717, 1.165) is 0 Å². The zero-order valence-electron chi connectivity index (χ0n) is 8.38. The number of carbonyl (C=O) groups is 1. The Balaban J connectivity index is 2.31. The largest absolute Gasteiger partial charge is 0.478 e. The summed E-state index contributed by atoms with van der Waals surface area (Å²) in [6, 6.07) is 16.5. The molecule has 3 nitrogen and oxygen atoms in total. The topological polar surface area (TPSA) is 46.5 Å². The highest BCUT2D eigenvalue weighted by molar-refractivity contribution is 5.90. The second-order valence-corrected chi connectivity index (χ2v) is 3.13. The molecule has 16 heavy (non-hydrogen) atoms. The van der Waals surface area contributed by atoms with Crippen LogP contribution in [-0.2, 0) is 0 Å². The van der Waals surface area contributed by atoms with Gasteiger partial charge in [-0.1, -0.05) is 30.3 Å². The van der Waals surface area contributed by atoms with Gasteiger partial charge in [-0.05, 0) is 18.2 Å². The Hall–Kier alpha value is -2.29. The molecular formula is C13H9O3. The third-order valence-electron chi connectivity index (χ3n) is 2.00. The Morgan fingerprint density at radius 1 is 1.12 bits per heavy atom. The lowest BCUT2D eigenvalue weighted by Crippen LogP contribution is -1.99. The van der Waals surface area contributed by atoms with Crippen molar-refractivity contribution in [2.75, 3.05) is 0 Å². The summed E-state index contributed by atoms with van der Waals surface area (Å²) in [6.07, 6.45) is 0. The van der Waals surface area contributed by atoms with Crippen LogP contribution < -0.4 is 4.74 Å². The van der Waals surface area contributed by atoms with E-state index < -0.39 is 5.97 Å². The quantitative estimate of drug-likeness (QED) is 0.852. The summed E-state index contributed by atoms with van der Waals surface area (Å²) in [4.78, 5) is 10.9. The summed E-state index contributed by atoms with van der Waals surface area (Å²) in [6.45, 7) is 0. The van der Waals surface area contributed by atoms with Crippen molar-refractivity contribution < 1.29 is 14.6 Å². The van der Waals surface area contributed by atoms with E-state index in [1.807, 2.05) is 18.2 Å². The zero-order valence-corrected chi connectivity index (χ0v) is 8.38. The number of rotatable bonds is 3. The van der Waals surface area contributed by atoms with Crippen LogP contribution in [-0.4, -0.2) is 11.1 Å². The Bertz CT molecular complexity index is 492. The second-order valence-electron chi connectivity index (χ2n) is 3.13. The molecule has 0 aliphatic carbocycles. The summed E-state index contributed by atoms with van der Waals surface area (Å²) in [7, 11) is 0. The molecule has 0 atom stereocenters. The van der Waals surface area contributed by atoms with Gasteiger partial charge in [-0.15, -0.1) is 0 Å². The first-order valence-corrected chi connectivity index (χ1v) is 4.74. The molecule has 0 aliphatic rings. The van der Waals surface area contributed by atoms with Crippen molar-refractivity contribution >= 4 is 5.97 Å². The van der Waals surface area contributed by atoms with Gasteiger partial charge in [0, 0.05) is 6.07 Å². The molecule has 1 radical (unpaired) electrons. The van der Waals surface area contributed by atoms with Gasteiger partial charge in [0.2, 0.25) is 0 Å². The lowest BCUT2D eigenvalue weighted by atomic mass is 10.2. The Kier molecular flexibility index (Phi) is 2.87. The van der Waals surface area contributed by atoms with Gasteiger partial charge in [0.15, 0.2) is 0 Å². The smallest absolute Gasteiger partial charge is 0.340 e. The molecule has 0 amide bonds. The molecule has 0 heterocycles. The molecule has 3 heteroatoms. The molecule has 0 fully saturated rings. The minimum absolute atomic E-state index is 0.0337. The molecule has 0 unspecified atom stereocenters. The van der Waals surface area contributed by atoms with E-state index in [0.29, 0.717) is 11.5 Å². The van der Waals surface area contributed by atoms with Crippen molar-refractivity contribution in [3.8, 4) is 11.5 Å². The number of carboxylic acids is 1. The summed E-state index contributed by atoms with van der Waals surface area (Å²) in [5.41, 5.74) is 0.0337. The fourth-order valence-electron chi connectivity index (χ4n) is 1.29. The maximum Gasteiger partial charge on any atom is 0.340 e. The molecule has 0 saturated heterocycles. The molecule has 0 aliphatic heterocycles. The molecule has 0 bridgehead atoms.